The highest BCUT2D eigenvalue weighted by Crippen LogP contribution is 2.30. The summed E-state index contributed by atoms with van der Waals surface area (Å²) in [6, 6.07) is 9.39. The third-order valence-electron chi connectivity index (χ3n) is 3.41. The smallest absolute Gasteiger partial charge is 0.265 e. The van der Waals surface area contributed by atoms with E-state index in [1.54, 1.807) is 31.2 Å². The summed E-state index contributed by atoms with van der Waals surface area (Å²) in [5, 5.41) is 0. The number of methoxy groups -OCH3 is 2. The van der Waals surface area contributed by atoms with Gasteiger partial charge in [-0.2, -0.15) is 0 Å². The molecule has 0 unspecified atom stereocenters. The zero-order valence-electron chi connectivity index (χ0n) is 13.4. The van der Waals surface area contributed by atoms with Crippen LogP contribution in [-0.4, -0.2) is 27.6 Å². The average Bonchev–Trinajstić information content (AvgIpc) is 2.93. The molecule has 1 N–H and O–H groups in total. The second-order valence-electron chi connectivity index (χ2n) is 5.04. The van der Waals surface area contributed by atoms with Gasteiger partial charge in [-0.3, -0.25) is 4.72 Å². The summed E-state index contributed by atoms with van der Waals surface area (Å²) in [6.07, 6.45) is 0. The van der Waals surface area contributed by atoms with E-state index in [1.165, 1.54) is 26.4 Å². The Labute approximate surface area is 139 Å². The number of nitrogens with one attached hydrogen (secondary N) is 1. The van der Waals surface area contributed by atoms with E-state index in [9.17, 15) is 8.42 Å². The van der Waals surface area contributed by atoms with Gasteiger partial charge in [-0.25, -0.2) is 13.4 Å². The first-order valence-corrected chi connectivity index (χ1v) is 8.53. The lowest BCUT2D eigenvalue weighted by Crippen LogP contribution is -2.14. The molecule has 3 rings (SSSR count). The highest BCUT2D eigenvalue weighted by molar-refractivity contribution is 7.92. The first-order chi connectivity index (χ1) is 11.4. The van der Waals surface area contributed by atoms with Crippen molar-refractivity contribution in [3.63, 3.8) is 0 Å². The Balaban J connectivity index is 1.97. The van der Waals surface area contributed by atoms with Gasteiger partial charge in [-0.15, -0.1) is 0 Å². The molecule has 0 bridgehead atoms. The molecule has 0 atom stereocenters. The number of ether oxygens (including phenoxy) is 2. The highest BCUT2D eigenvalue weighted by Gasteiger charge is 2.20. The summed E-state index contributed by atoms with van der Waals surface area (Å²) < 4.78 is 43.5. The van der Waals surface area contributed by atoms with Crippen LogP contribution in [0.5, 0.6) is 11.5 Å². The Kier molecular flexibility index (Phi) is 4.06. The van der Waals surface area contributed by atoms with Crippen molar-refractivity contribution in [2.75, 3.05) is 18.9 Å². The van der Waals surface area contributed by atoms with Crippen molar-refractivity contribution >= 4 is 26.8 Å². The molecule has 24 heavy (non-hydrogen) atoms. The van der Waals surface area contributed by atoms with Crippen LogP contribution in [0.4, 0.5) is 5.69 Å². The fourth-order valence-corrected chi connectivity index (χ4v) is 3.51. The molecule has 0 aliphatic rings. The Morgan fingerprint density at radius 2 is 1.88 bits per heavy atom. The van der Waals surface area contributed by atoms with Crippen LogP contribution >= 0.6 is 0 Å². The molecular weight excluding hydrogens is 332 g/mol. The van der Waals surface area contributed by atoms with Gasteiger partial charge >= 0.3 is 0 Å². The maximum absolute atomic E-state index is 12.6. The number of aromatic nitrogens is 1. The van der Waals surface area contributed by atoms with Crippen LogP contribution in [0.2, 0.25) is 0 Å². The second-order valence-corrected chi connectivity index (χ2v) is 6.69. The summed E-state index contributed by atoms with van der Waals surface area (Å²) in [6.45, 7) is 1.73. The lowest BCUT2D eigenvalue weighted by Gasteiger charge is -2.12. The number of sulfonamides is 1. The van der Waals surface area contributed by atoms with Crippen LogP contribution in [0.1, 0.15) is 5.89 Å². The summed E-state index contributed by atoms with van der Waals surface area (Å²) in [5.74, 6) is 1.21. The maximum Gasteiger partial charge on any atom is 0.265 e. The van der Waals surface area contributed by atoms with Crippen molar-refractivity contribution < 1.29 is 22.3 Å². The lowest BCUT2D eigenvalue weighted by atomic mass is 10.3. The Hall–Kier alpha value is -2.74. The number of hydrogen-bond donors (Lipinski definition) is 1. The van der Waals surface area contributed by atoms with E-state index < -0.39 is 10.0 Å². The van der Waals surface area contributed by atoms with Gasteiger partial charge in [0.05, 0.1) is 19.9 Å². The fourth-order valence-electron chi connectivity index (χ4n) is 2.31. The van der Waals surface area contributed by atoms with E-state index in [1.807, 2.05) is 0 Å². The molecule has 0 fully saturated rings. The summed E-state index contributed by atoms with van der Waals surface area (Å²) in [7, 11) is -0.940. The minimum absolute atomic E-state index is 0.0136. The molecule has 0 saturated heterocycles. The number of nitrogens with zero attached hydrogens (tertiary/aromatic N) is 1. The van der Waals surface area contributed by atoms with E-state index >= 15 is 0 Å². The maximum atomic E-state index is 12.6. The fraction of sp³-hybridized carbons (Fsp3) is 0.188. The number of hydrogen-bond acceptors (Lipinski definition) is 6. The van der Waals surface area contributed by atoms with Crippen molar-refractivity contribution in [3.05, 3.63) is 42.3 Å². The summed E-state index contributed by atoms with van der Waals surface area (Å²) in [4.78, 5) is 4.19. The lowest BCUT2D eigenvalue weighted by molar-refractivity contribution is 0.386. The molecule has 0 aliphatic carbocycles. The Morgan fingerprint density at radius 1 is 1.08 bits per heavy atom. The molecule has 0 saturated carbocycles. The van der Waals surface area contributed by atoms with Crippen LogP contribution in [0, 0.1) is 6.92 Å². The predicted molar refractivity (Wildman–Crippen MR) is 89.1 cm³/mol. The standard InChI is InChI=1S/C16H16N2O5S/c1-10-17-13-6-4-11(8-14(13)23-10)18-24(19,20)16-7-5-12(21-2)9-15(16)22-3/h4-9,18H,1-3H3. The third-order valence-corrected chi connectivity index (χ3v) is 4.83. The Bertz CT molecular complexity index is 995. The van der Waals surface area contributed by atoms with E-state index in [4.69, 9.17) is 13.9 Å². The van der Waals surface area contributed by atoms with Gasteiger partial charge in [0.1, 0.15) is 21.9 Å². The average molecular weight is 348 g/mol. The summed E-state index contributed by atoms with van der Waals surface area (Å²) >= 11 is 0. The molecular formula is C16H16N2O5S. The molecule has 1 heterocycles. The molecule has 126 valence electrons. The number of aryl methyl sites for hydroxylation is 1. The SMILES string of the molecule is COc1ccc(S(=O)(=O)Nc2ccc3nc(C)oc3c2)c(OC)c1. The summed E-state index contributed by atoms with van der Waals surface area (Å²) in [5.41, 5.74) is 1.54. The van der Waals surface area contributed by atoms with Crippen molar-refractivity contribution in [1.29, 1.82) is 0 Å². The topological polar surface area (TPSA) is 90.7 Å². The quantitative estimate of drug-likeness (QED) is 0.762. The molecule has 2 aromatic carbocycles. The van der Waals surface area contributed by atoms with Crippen LogP contribution in [0.25, 0.3) is 11.1 Å². The molecule has 3 aromatic rings. The minimum Gasteiger partial charge on any atom is -0.497 e. The molecule has 0 radical (unpaired) electrons. The molecule has 8 heteroatoms. The van der Waals surface area contributed by atoms with Gasteiger partial charge in [0.15, 0.2) is 11.5 Å². The van der Waals surface area contributed by atoms with E-state index in [-0.39, 0.29) is 10.6 Å². The minimum atomic E-state index is -3.84. The van der Waals surface area contributed by atoms with Crippen molar-refractivity contribution in [3.8, 4) is 11.5 Å². The van der Waals surface area contributed by atoms with Gasteiger partial charge in [-0.05, 0) is 24.3 Å². The normalized spacial score (nSPS) is 11.5. The molecule has 1 aromatic heterocycles. The number of fused-ring (bicyclic) bond motifs is 1. The number of anilines is 1. The number of benzene rings is 2. The van der Waals surface area contributed by atoms with Gasteiger partial charge in [-0.1, -0.05) is 0 Å². The van der Waals surface area contributed by atoms with Crippen molar-refractivity contribution in [2.24, 2.45) is 0 Å². The monoisotopic (exact) mass is 348 g/mol. The van der Waals surface area contributed by atoms with E-state index in [2.05, 4.69) is 9.71 Å². The molecule has 7 nitrogen and oxygen atoms in total. The highest BCUT2D eigenvalue weighted by atomic mass is 32.2. The number of oxazole rings is 1. The number of rotatable bonds is 5. The largest absolute Gasteiger partial charge is 0.497 e. The molecule has 0 amide bonds. The van der Waals surface area contributed by atoms with Crippen molar-refractivity contribution in [2.45, 2.75) is 11.8 Å². The van der Waals surface area contributed by atoms with Gasteiger partial charge in [0.2, 0.25) is 0 Å². The van der Waals surface area contributed by atoms with Crippen LogP contribution in [0.3, 0.4) is 0 Å². The van der Waals surface area contributed by atoms with E-state index in [0.29, 0.717) is 28.4 Å². The predicted octanol–water partition coefficient (Wildman–Crippen LogP) is 2.95. The van der Waals surface area contributed by atoms with Crippen molar-refractivity contribution in [1.82, 2.24) is 4.98 Å². The second kappa shape index (κ2) is 6.04. The molecule has 0 spiro atoms. The van der Waals surface area contributed by atoms with Crippen LogP contribution in [-0.2, 0) is 10.0 Å². The first kappa shape index (κ1) is 16.1. The molecule has 0 aliphatic heterocycles. The van der Waals surface area contributed by atoms with Crippen LogP contribution < -0.4 is 14.2 Å². The van der Waals surface area contributed by atoms with E-state index in [0.717, 1.165) is 0 Å². The van der Waals surface area contributed by atoms with Gasteiger partial charge in [0, 0.05) is 19.1 Å². The zero-order valence-corrected chi connectivity index (χ0v) is 14.2. The van der Waals surface area contributed by atoms with Gasteiger partial charge in [0.25, 0.3) is 10.0 Å². The Morgan fingerprint density at radius 3 is 2.58 bits per heavy atom. The third kappa shape index (κ3) is 3.00. The van der Waals surface area contributed by atoms with Crippen LogP contribution in [0.15, 0.2) is 45.7 Å². The van der Waals surface area contributed by atoms with Gasteiger partial charge < -0.3 is 13.9 Å². The zero-order chi connectivity index (χ0) is 17.3. The first-order valence-electron chi connectivity index (χ1n) is 7.05.